The molecule has 1 aromatic heterocycles. The van der Waals surface area contributed by atoms with Crippen molar-refractivity contribution in [3.05, 3.63) is 22.4 Å². The van der Waals surface area contributed by atoms with Gasteiger partial charge in [-0.15, -0.1) is 11.3 Å². The third-order valence-electron chi connectivity index (χ3n) is 3.92. The van der Waals surface area contributed by atoms with Crippen molar-refractivity contribution in [2.45, 2.75) is 57.0 Å². The number of aliphatic hydroxyl groups excluding tert-OH is 4. The molecule has 130 valence electrons. The van der Waals surface area contributed by atoms with Crippen LogP contribution in [0, 0.1) is 0 Å². The van der Waals surface area contributed by atoms with Gasteiger partial charge in [-0.3, -0.25) is 4.79 Å². The summed E-state index contributed by atoms with van der Waals surface area (Å²) in [4.78, 5) is 14.7. The van der Waals surface area contributed by atoms with Gasteiger partial charge in [0.2, 0.25) is 5.91 Å². The SMILES string of the molecule is CCCC(=O)N(Cc1cccs1)[C@H]1C(O)O[C@H](CO)[C@@H](O)[C@@H]1O. The summed E-state index contributed by atoms with van der Waals surface area (Å²) in [6, 6.07) is 2.62. The van der Waals surface area contributed by atoms with Gasteiger partial charge >= 0.3 is 0 Å². The maximum absolute atomic E-state index is 12.4. The average molecular weight is 345 g/mol. The van der Waals surface area contributed by atoms with Crippen molar-refractivity contribution in [3.63, 3.8) is 0 Å². The van der Waals surface area contributed by atoms with Crippen molar-refractivity contribution in [1.82, 2.24) is 4.90 Å². The second-order valence-electron chi connectivity index (χ2n) is 5.57. The predicted octanol–water partition coefficient (Wildman–Crippen LogP) is -0.323. The number of thiophene rings is 1. The molecule has 1 aliphatic rings. The van der Waals surface area contributed by atoms with Crippen LogP contribution in [0.3, 0.4) is 0 Å². The Morgan fingerprint density at radius 2 is 2.09 bits per heavy atom. The molecule has 1 aromatic rings. The van der Waals surface area contributed by atoms with E-state index in [1.54, 1.807) is 0 Å². The van der Waals surface area contributed by atoms with Gasteiger partial charge in [-0.1, -0.05) is 13.0 Å². The van der Waals surface area contributed by atoms with E-state index >= 15 is 0 Å². The standard InChI is InChI=1S/C15H23NO6S/c1-2-4-11(18)16(7-9-5-3-6-23-9)12-14(20)13(19)10(8-17)22-15(12)21/h3,5-6,10,12-15,17,19-21H,2,4,7-8H2,1H3/t10-,12-,13-,14-,15?/m1/s1. The Bertz CT molecular complexity index is 496. The van der Waals surface area contributed by atoms with Gasteiger partial charge in [-0.25, -0.2) is 0 Å². The second kappa shape index (κ2) is 8.18. The Kier molecular flexibility index (Phi) is 6.51. The van der Waals surface area contributed by atoms with Gasteiger partial charge < -0.3 is 30.1 Å². The van der Waals surface area contributed by atoms with Crippen molar-refractivity contribution in [1.29, 1.82) is 0 Å². The highest BCUT2D eigenvalue weighted by Crippen LogP contribution is 2.27. The van der Waals surface area contributed by atoms with Crippen molar-refractivity contribution in [3.8, 4) is 0 Å². The highest BCUT2D eigenvalue weighted by Gasteiger charge is 2.47. The number of carbonyl (C=O) groups is 1. The van der Waals surface area contributed by atoms with Crippen LogP contribution in [0.1, 0.15) is 24.6 Å². The molecule has 2 heterocycles. The van der Waals surface area contributed by atoms with E-state index in [2.05, 4.69) is 0 Å². The lowest BCUT2D eigenvalue weighted by molar-refractivity contribution is -0.271. The van der Waals surface area contributed by atoms with Crippen molar-refractivity contribution in [2.24, 2.45) is 0 Å². The molecule has 23 heavy (non-hydrogen) atoms. The van der Waals surface area contributed by atoms with E-state index in [0.29, 0.717) is 6.42 Å². The Labute approximate surface area is 138 Å². The zero-order chi connectivity index (χ0) is 17.0. The molecule has 0 bridgehead atoms. The quantitative estimate of drug-likeness (QED) is 0.562. The summed E-state index contributed by atoms with van der Waals surface area (Å²) < 4.78 is 5.16. The van der Waals surface area contributed by atoms with Gasteiger partial charge in [0.1, 0.15) is 24.4 Å². The van der Waals surface area contributed by atoms with Crippen molar-refractivity contribution in [2.75, 3.05) is 6.61 Å². The lowest BCUT2D eigenvalue weighted by Gasteiger charge is -2.45. The molecule has 0 aliphatic carbocycles. The summed E-state index contributed by atoms with van der Waals surface area (Å²) in [6.45, 7) is 1.55. The van der Waals surface area contributed by atoms with Crippen LogP contribution in [0.15, 0.2) is 17.5 Å². The van der Waals surface area contributed by atoms with Gasteiger partial charge in [0.25, 0.3) is 0 Å². The van der Waals surface area contributed by atoms with E-state index in [1.807, 2.05) is 24.4 Å². The van der Waals surface area contributed by atoms with E-state index in [4.69, 9.17) is 9.84 Å². The zero-order valence-corrected chi connectivity index (χ0v) is 13.7. The molecule has 1 amide bonds. The molecule has 4 N–H and O–H groups in total. The number of carbonyl (C=O) groups excluding carboxylic acids is 1. The van der Waals surface area contributed by atoms with Gasteiger partial charge in [0.05, 0.1) is 13.2 Å². The van der Waals surface area contributed by atoms with Gasteiger partial charge in [-0.2, -0.15) is 0 Å². The number of aliphatic hydroxyl groups is 4. The van der Waals surface area contributed by atoms with Crippen LogP contribution in [-0.4, -0.2) is 68.5 Å². The third-order valence-corrected chi connectivity index (χ3v) is 4.78. The fraction of sp³-hybridized carbons (Fsp3) is 0.667. The lowest BCUT2D eigenvalue weighted by Crippen LogP contribution is -2.64. The molecular weight excluding hydrogens is 322 g/mol. The molecule has 1 fully saturated rings. The predicted molar refractivity (Wildman–Crippen MR) is 83.5 cm³/mol. The highest BCUT2D eigenvalue weighted by atomic mass is 32.1. The Morgan fingerprint density at radius 1 is 1.35 bits per heavy atom. The Morgan fingerprint density at radius 3 is 2.65 bits per heavy atom. The van der Waals surface area contributed by atoms with Crippen LogP contribution >= 0.6 is 11.3 Å². The Hall–Kier alpha value is -1.03. The molecule has 0 spiro atoms. The fourth-order valence-electron chi connectivity index (χ4n) is 2.71. The highest BCUT2D eigenvalue weighted by molar-refractivity contribution is 7.09. The second-order valence-corrected chi connectivity index (χ2v) is 6.60. The topological polar surface area (TPSA) is 110 Å². The van der Waals surface area contributed by atoms with Gasteiger partial charge in [0.15, 0.2) is 6.29 Å². The molecule has 2 rings (SSSR count). The van der Waals surface area contributed by atoms with E-state index in [0.717, 1.165) is 4.88 Å². The van der Waals surface area contributed by atoms with Crippen LogP contribution in [0.25, 0.3) is 0 Å². The summed E-state index contributed by atoms with van der Waals surface area (Å²) in [5, 5.41) is 41.6. The monoisotopic (exact) mass is 345 g/mol. The summed E-state index contributed by atoms with van der Waals surface area (Å²) in [5.74, 6) is -0.234. The zero-order valence-electron chi connectivity index (χ0n) is 12.9. The smallest absolute Gasteiger partial charge is 0.223 e. The first-order chi connectivity index (χ1) is 11.0. The van der Waals surface area contributed by atoms with E-state index in [1.165, 1.54) is 16.2 Å². The first kappa shape index (κ1) is 18.3. The average Bonchev–Trinajstić information content (AvgIpc) is 3.03. The minimum atomic E-state index is -1.48. The van der Waals surface area contributed by atoms with Crippen LogP contribution < -0.4 is 0 Å². The number of amides is 1. The van der Waals surface area contributed by atoms with Crippen molar-refractivity contribution < 1.29 is 30.0 Å². The molecule has 5 atom stereocenters. The first-order valence-electron chi connectivity index (χ1n) is 7.62. The molecule has 1 aliphatic heterocycles. The summed E-state index contributed by atoms with van der Waals surface area (Å²) in [5.41, 5.74) is 0. The van der Waals surface area contributed by atoms with Gasteiger partial charge in [-0.05, 0) is 17.9 Å². The van der Waals surface area contributed by atoms with Crippen LogP contribution in [-0.2, 0) is 16.1 Å². The first-order valence-corrected chi connectivity index (χ1v) is 8.50. The van der Waals surface area contributed by atoms with E-state index in [9.17, 15) is 20.1 Å². The van der Waals surface area contributed by atoms with E-state index in [-0.39, 0.29) is 18.9 Å². The number of hydrogen-bond donors (Lipinski definition) is 4. The number of rotatable bonds is 6. The molecule has 7 nitrogen and oxygen atoms in total. The molecular formula is C15H23NO6S. The molecule has 1 unspecified atom stereocenters. The molecule has 0 radical (unpaired) electrons. The fourth-order valence-corrected chi connectivity index (χ4v) is 3.41. The molecule has 8 heteroatoms. The molecule has 0 saturated carbocycles. The Balaban J connectivity index is 2.24. The van der Waals surface area contributed by atoms with Crippen LogP contribution in [0.5, 0.6) is 0 Å². The van der Waals surface area contributed by atoms with Crippen LogP contribution in [0.4, 0.5) is 0 Å². The number of hydrogen-bond acceptors (Lipinski definition) is 7. The number of ether oxygens (including phenoxy) is 1. The van der Waals surface area contributed by atoms with Gasteiger partial charge in [0, 0.05) is 11.3 Å². The molecule has 0 aromatic carbocycles. The van der Waals surface area contributed by atoms with Crippen molar-refractivity contribution >= 4 is 17.2 Å². The lowest BCUT2D eigenvalue weighted by atomic mass is 9.95. The maximum atomic E-state index is 12.4. The minimum absolute atomic E-state index is 0.217. The normalized spacial score (nSPS) is 31.1. The third kappa shape index (κ3) is 4.09. The van der Waals surface area contributed by atoms with Crippen LogP contribution in [0.2, 0.25) is 0 Å². The van der Waals surface area contributed by atoms with E-state index < -0.39 is 37.3 Å². The summed E-state index contributed by atoms with van der Waals surface area (Å²) in [7, 11) is 0. The largest absolute Gasteiger partial charge is 0.394 e. The summed E-state index contributed by atoms with van der Waals surface area (Å²) >= 11 is 1.46. The summed E-state index contributed by atoms with van der Waals surface area (Å²) in [6.07, 6.45) is -4.46. The maximum Gasteiger partial charge on any atom is 0.223 e. The minimum Gasteiger partial charge on any atom is -0.394 e. The molecule has 1 saturated heterocycles. The number of nitrogens with zero attached hydrogens (tertiary/aromatic N) is 1.